The normalized spacial score (nSPS) is 45.9. The standard InChI is InChI=1S/C28H44N2O5/c1-5-17-21-14-16(31)10-12-28(21,4)20-11-13-27(3)18(7-8-19(27)23(20)24(17)32)15(2)6-9-22-29-30-25(35-22)26(33)34/h15-21,23-24,31-32H,5-14H2,1-4H3,(H,33,34)/t15-,16-,17-,18?,19?,20?,21+,23?,24-,27-,28-/m1/s1. The zero-order valence-electron chi connectivity index (χ0n) is 21.8. The third-order valence-corrected chi connectivity index (χ3v) is 11.6. The van der Waals surface area contributed by atoms with E-state index in [2.05, 4.69) is 37.9 Å². The lowest BCUT2D eigenvalue weighted by Crippen LogP contribution is -2.62. The third kappa shape index (κ3) is 3.96. The highest BCUT2D eigenvalue weighted by Crippen LogP contribution is 2.69. The maximum Gasteiger partial charge on any atom is 0.393 e. The Bertz CT molecular complexity index is 934. The molecule has 35 heavy (non-hydrogen) atoms. The van der Waals surface area contributed by atoms with Crippen LogP contribution < -0.4 is 0 Å². The number of hydrogen-bond donors (Lipinski definition) is 3. The molecule has 4 fully saturated rings. The van der Waals surface area contributed by atoms with Gasteiger partial charge in [0.25, 0.3) is 0 Å². The van der Waals surface area contributed by atoms with Crippen molar-refractivity contribution in [2.24, 2.45) is 52.3 Å². The molecule has 0 amide bonds. The Kier molecular flexibility index (Phi) is 6.57. The smallest absolute Gasteiger partial charge is 0.393 e. The second-order valence-corrected chi connectivity index (χ2v) is 12.9. The average molecular weight is 489 g/mol. The van der Waals surface area contributed by atoms with Crippen LogP contribution in [0, 0.1) is 52.3 Å². The van der Waals surface area contributed by atoms with Crippen LogP contribution in [0.5, 0.6) is 0 Å². The first-order valence-corrected chi connectivity index (χ1v) is 14.0. The zero-order valence-corrected chi connectivity index (χ0v) is 21.8. The number of rotatable bonds is 6. The van der Waals surface area contributed by atoms with Crippen LogP contribution in [0.4, 0.5) is 0 Å². The molecule has 1 heterocycles. The number of carbonyl (C=O) groups is 1. The van der Waals surface area contributed by atoms with Gasteiger partial charge in [0.05, 0.1) is 12.2 Å². The fourth-order valence-corrected chi connectivity index (χ4v) is 9.93. The van der Waals surface area contributed by atoms with Gasteiger partial charge in [0.2, 0.25) is 5.89 Å². The lowest BCUT2D eigenvalue weighted by molar-refractivity contribution is -0.203. The molecule has 4 aliphatic rings. The molecule has 4 saturated carbocycles. The summed E-state index contributed by atoms with van der Waals surface area (Å²) in [4.78, 5) is 11.0. The summed E-state index contributed by atoms with van der Waals surface area (Å²) in [5, 5.41) is 38.9. The van der Waals surface area contributed by atoms with Gasteiger partial charge in [-0.25, -0.2) is 4.79 Å². The molecule has 3 N–H and O–H groups in total. The van der Waals surface area contributed by atoms with Crippen LogP contribution >= 0.6 is 0 Å². The summed E-state index contributed by atoms with van der Waals surface area (Å²) >= 11 is 0. The van der Waals surface area contributed by atoms with Crippen molar-refractivity contribution in [1.29, 1.82) is 0 Å². The minimum absolute atomic E-state index is 0.207. The number of aryl methyl sites for hydroxylation is 1. The van der Waals surface area contributed by atoms with Crippen molar-refractivity contribution in [3.63, 3.8) is 0 Å². The first-order valence-electron chi connectivity index (χ1n) is 14.0. The number of aliphatic hydroxyl groups excluding tert-OH is 2. The molecule has 0 saturated heterocycles. The number of carboxylic acids is 1. The van der Waals surface area contributed by atoms with Crippen molar-refractivity contribution in [2.75, 3.05) is 0 Å². The minimum Gasteiger partial charge on any atom is -0.474 e. The van der Waals surface area contributed by atoms with E-state index in [1.54, 1.807) is 0 Å². The number of aromatic carboxylic acids is 1. The minimum atomic E-state index is -1.18. The van der Waals surface area contributed by atoms with E-state index in [1.807, 2.05) is 0 Å². The fraction of sp³-hybridized carbons (Fsp3) is 0.893. The second kappa shape index (κ2) is 9.13. The number of aliphatic hydroxyl groups is 2. The van der Waals surface area contributed by atoms with Crippen molar-refractivity contribution < 1.29 is 24.5 Å². The highest BCUT2D eigenvalue weighted by Gasteiger charge is 2.64. The molecule has 1 aromatic rings. The molecule has 0 aromatic carbocycles. The van der Waals surface area contributed by atoms with Crippen LogP contribution in [-0.4, -0.2) is 43.7 Å². The molecule has 196 valence electrons. The van der Waals surface area contributed by atoms with Crippen molar-refractivity contribution in [3.05, 3.63) is 11.8 Å². The average Bonchev–Trinajstić information content (AvgIpc) is 3.43. The Labute approximate surface area is 209 Å². The van der Waals surface area contributed by atoms with Crippen LogP contribution in [0.2, 0.25) is 0 Å². The van der Waals surface area contributed by atoms with E-state index < -0.39 is 5.97 Å². The number of hydrogen-bond acceptors (Lipinski definition) is 6. The van der Waals surface area contributed by atoms with Crippen molar-refractivity contribution in [2.45, 2.75) is 104 Å². The SMILES string of the molecule is CC[C@H]1[C@@H](O)C2C3CCC([C@H](C)CCc4nnc(C(=O)O)o4)[C@@]3(C)CCC2[C@@]2(C)CC[C@@H](O)C[C@@H]12. The number of carboxylic acid groups (broad SMARTS) is 1. The Morgan fingerprint density at radius 1 is 1.06 bits per heavy atom. The Hall–Kier alpha value is -1.47. The molecular weight excluding hydrogens is 444 g/mol. The van der Waals surface area contributed by atoms with E-state index in [9.17, 15) is 15.0 Å². The fourth-order valence-electron chi connectivity index (χ4n) is 9.93. The molecule has 1 aromatic heterocycles. The lowest BCUT2D eigenvalue weighted by Gasteiger charge is -2.64. The maximum absolute atomic E-state index is 11.8. The monoisotopic (exact) mass is 488 g/mol. The van der Waals surface area contributed by atoms with E-state index >= 15 is 0 Å². The predicted molar refractivity (Wildman–Crippen MR) is 131 cm³/mol. The summed E-state index contributed by atoms with van der Waals surface area (Å²) in [6.07, 6.45) is 9.66. The molecule has 7 nitrogen and oxygen atoms in total. The molecule has 4 unspecified atom stereocenters. The molecule has 4 aliphatic carbocycles. The third-order valence-electron chi connectivity index (χ3n) is 11.6. The van der Waals surface area contributed by atoms with Gasteiger partial charge in [0.15, 0.2) is 0 Å². The molecule has 0 spiro atoms. The topological polar surface area (TPSA) is 117 Å². The Balaban J connectivity index is 1.34. The van der Waals surface area contributed by atoms with Crippen LogP contribution in [0.25, 0.3) is 0 Å². The quantitative estimate of drug-likeness (QED) is 0.518. The van der Waals surface area contributed by atoms with E-state index in [0.717, 1.165) is 32.1 Å². The molecule has 11 atom stereocenters. The van der Waals surface area contributed by atoms with Gasteiger partial charge in [-0.3, -0.25) is 0 Å². The van der Waals surface area contributed by atoms with Gasteiger partial charge >= 0.3 is 11.9 Å². The zero-order chi connectivity index (χ0) is 25.1. The van der Waals surface area contributed by atoms with Gasteiger partial charge in [0, 0.05) is 6.42 Å². The van der Waals surface area contributed by atoms with E-state index in [1.165, 1.54) is 25.7 Å². The van der Waals surface area contributed by atoms with Crippen molar-refractivity contribution >= 4 is 5.97 Å². The summed E-state index contributed by atoms with van der Waals surface area (Å²) in [6.45, 7) is 9.53. The van der Waals surface area contributed by atoms with Gasteiger partial charge in [-0.15, -0.1) is 10.2 Å². The molecule has 0 bridgehead atoms. The van der Waals surface area contributed by atoms with Gasteiger partial charge < -0.3 is 19.7 Å². The summed E-state index contributed by atoms with van der Waals surface area (Å²) in [6, 6.07) is 0. The van der Waals surface area contributed by atoms with Crippen molar-refractivity contribution in [1.82, 2.24) is 10.2 Å². The highest BCUT2D eigenvalue weighted by atomic mass is 16.4. The van der Waals surface area contributed by atoms with Crippen LogP contribution in [0.15, 0.2) is 4.42 Å². The van der Waals surface area contributed by atoms with Crippen LogP contribution in [-0.2, 0) is 6.42 Å². The highest BCUT2D eigenvalue weighted by molar-refractivity contribution is 5.81. The Morgan fingerprint density at radius 2 is 1.77 bits per heavy atom. The first kappa shape index (κ1) is 25.2. The van der Waals surface area contributed by atoms with Gasteiger partial charge in [-0.05, 0) is 104 Å². The van der Waals surface area contributed by atoms with Crippen LogP contribution in [0.1, 0.15) is 102 Å². The van der Waals surface area contributed by atoms with Gasteiger partial charge in [0.1, 0.15) is 0 Å². The summed E-state index contributed by atoms with van der Waals surface area (Å²) < 4.78 is 5.30. The Morgan fingerprint density at radius 3 is 2.46 bits per heavy atom. The van der Waals surface area contributed by atoms with Gasteiger partial charge in [-0.2, -0.15) is 0 Å². The number of nitrogens with zero attached hydrogens (tertiary/aromatic N) is 2. The molecular formula is C28H44N2O5. The van der Waals surface area contributed by atoms with E-state index in [4.69, 9.17) is 9.52 Å². The molecule has 0 radical (unpaired) electrons. The number of fused-ring (bicyclic) bond motifs is 5. The molecule has 0 aliphatic heterocycles. The predicted octanol–water partition coefficient (Wildman–Crippen LogP) is 4.96. The van der Waals surface area contributed by atoms with Crippen LogP contribution in [0.3, 0.4) is 0 Å². The molecule has 5 rings (SSSR count). The largest absolute Gasteiger partial charge is 0.474 e. The number of aromatic nitrogens is 2. The summed E-state index contributed by atoms with van der Waals surface area (Å²) in [5.41, 5.74) is 0.451. The van der Waals surface area contributed by atoms with Crippen molar-refractivity contribution in [3.8, 4) is 0 Å². The lowest BCUT2D eigenvalue weighted by atomic mass is 9.41. The summed E-state index contributed by atoms with van der Waals surface area (Å²) in [7, 11) is 0. The van der Waals surface area contributed by atoms with Gasteiger partial charge in [-0.1, -0.05) is 34.1 Å². The summed E-state index contributed by atoms with van der Waals surface area (Å²) in [5.74, 6) is 2.12. The van der Waals surface area contributed by atoms with E-state index in [-0.39, 0.29) is 34.8 Å². The second-order valence-electron chi connectivity index (χ2n) is 12.9. The first-order chi connectivity index (χ1) is 16.6. The van der Waals surface area contributed by atoms with E-state index in [0.29, 0.717) is 47.8 Å². The molecule has 7 heteroatoms. The maximum atomic E-state index is 11.8.